The van der Waals surface area contributed by atoms with E-state index in [1.165, 1.54) is 0 Å². The molecule has 0 saturated carbocycles. The minimum Gasteiger partial charge on any atom is -0.389 e. The fourth-order valence-corrected chi connectivity index (χ4v) is 2.13. The lowest BCUT2D eigenvalue weighted by atomic mass is 10.0. The van der Waals surface area contributed by atoms with Crippen LogP contribution in [0.1, 0.15) is 12.8 Å². The number of aliphatic hydroxyl groups is 1. The van der Waals surface area contributed by atoms with Gasteiger partial charge in [0.05, 0.1) is 25.4 Å². The summed E-state index contributed by atoms with van der Waals surface area (Å²) >= 11 is 0. The molecule has 13 heavy (non-hydrogen) atoms. The molecule has 0 aromatic carbocycles. The van der Waals surface area contributed by atoms with Crippen molar-refractivity contribution in [2.24, 2.45) is 5.73 Å². The van der Waals surface area contributed by atoms with Crippen LogP contribution in [0.3, 0.4) is 0 Å². The van der Waals surface area contributed by atoms with Crippen LogP contribution >= 0.6 is 0 Å². The van der Waals surface area contributed by atoms with Gasteiger partial charge in [-0.1, -0.05) is 0 Å². The highest BCUT2D eigenvalue weighted by atomic mass is 16.5. The maximum absolute atomic E-state index is 9.61. The van der Waals surface area contributed by atoms with Gasteiger partial charge < -0.3 is 15.6 Å². The van der Waals surface area contributed by atoms with E-state index in [2.05, 4.69) is 4.90 Å². The summed E-state index contributed by atoms with van der Waals surface area (Å²) in [4.78, 5) is 2.31. The fraction of sp³-hybridized carbons (Fsp3) is 1.00. The van der Waals surface area contributed by atoms with Crippen molar-refractivity contribution < 1.29 is 9.84 Å². The molecule has 0 aromatic heterocycles. The van der Waals surface area contributed by atoms with E-state index < -0.39 is 0 Å². The van der Waals surface area contributed by atoms with Crippen LogP contribution in [0, 0.1) is 0 Å². The largest absolute Gasteiger partial charge is 0.389 e. The third kappa shape index (κ3) is 2.02. The van der Waals surface area contributed by atoms with Gasteiger partial charge in [0.2, 0.25) is 0 Å². The van der Waals surface area contributed by atoms with Gasteiger partial charge in [0.15, 0.2) is 0 Å². The van der Waals surface area contributed by atoms with Crippen molar-refractivity contribution in [3.8, 4) is 0 Å². The van der Waals surface area contributed by atoms with Crippen LogP contribution in [-0.4, -0.2) is 54.5 Å². The molecule has 2 aliphatic rings. The normalized spacial score (nSPS) is 38.3. The Morgan fingerprint density at radius 1 is 1.23 bits per heavy atom. The maximum Gasteiger partial charge on any atom is 0.0950 e. The summed E-state index contributed by atoms with van der Waals surface area (Å²) in [6.45, 7) is 3.18. The van der Waals surface area contributed by atoms with Crippen LogP contribution < -0.4 is 5.73 Å². The van der Waals surface area contributed by atoms with E-state index in [4.69, 9.17) is 10.5 Å². The molecule has 2 fully saturated rings. The first kappa shape index (κ1) is 9.40. The van der Waals surface area contributed by atoms with Crippen molar-refractivity contribution in [1.29, 1.82) is 0 Å². The number of hydrogen-bond acceptors (Lipinski definition) is 4. The number of rotatable bonds is 1. The second kappa shape index (κ2) is 3.92. The predicted molar refractivity (Wildman–Crippen MR) is 49.4 cm³/mol. The maximum atomic E-state index is 9.61. The Bertz CT molecular complexity index is 169. The number of hydrogen-bond donors (Lipinski definition) is 2. The van der Waals surface area contributed by atoms with Gasteiger partial charge >= 0.3 is 0 Å². The highest BCUT2D eigenvalue weighted by Gasteiger charge is 2.33. The highest BCUT2D eigenvalue weighted by molar-refractivity contribution is 4.87. The van der Waals surface area contributed by atoms with Crippen molar-refractivity contribution in [1.82, 2.24) is 4.90 Å². The molecule has 2 unspecified atom stereocenters. The number of ether oxygens (including phenoxy) is 1. The molecule has 76 valence electrons. The quantitative estimate of drug-likeness (QED) is 0.561. The van der Waals surface area contributed by atoms with Crippen LogP contribution in [-0.2, 0) is 4.74 Å². The standard InChI is InChI=1S/C9H18N2O2/c10-7-1-3-11(4-2-7)8-5-13-6-9(8)12/h7-9,12H,1-6,10H2. The van der Waals surface area contributed by atoms with Gasteiger partial charge in [0.25, 0.3) is 0 Å². The molecule has 0 aliphatic carbocycles. The van der Waals surface area contributed by atoms with Crippen molar-refractivity contribution >= 4 is 0 Å². The topological polar surface area (TPSA) is 58.7 Å². The molecule has 2 saturated heterocycles. The Morgan fingerprint density at radius 2 is 1.92 bits per heavy atom. The van der Waals surface area contributed by atoms with Gasteiger partial charge in [-0.05, 0) is 12.8 Å². The lowest BCUT2D eigenvalue weighted by molar-refractivity contribution is 0.0668. The predicted octanol–water partition coefficient (Wildman–Crippen LogP) is -0.831. The Labute approximate surface area is 78.7 Å². The van der Waals surface area contributed by atoms with Gasteiger partial charge in [0, 0.05) is 19.1 Å². The van der Waals surface area contributed by atoms with Crippen molar-refractivity contribution in [2.45, 2.75) is 31.0 Å². The van der Waals surface area contributed by atoms with Gasteiger partial charge in [-0.2, -0.15) is 0 Å². The van der Waals surface area contributed by atoms with Gasteiger partial charge in [-0.15, -0.1) is 0 Å². The lowest BCUT2D eigenvalue weighted by Crippen LogP contribution is -2.49. The van der Waals surface area contributed by atoms with E-state index in [-0.39, 0.29) is 12.1 Å². The Hall–Kier alpha value is -0.160. The Morgan fingerprint density at radius 3 is 2.46 bits per heavy atom. The number of nitrogens with zero attached hydrogens (tertiary/aromatic N) is 1. The van der Waals surface area contributed by atoms with E-state index >= 15 is 0 Å². The average Bonchev–Trinajstić information content (AvgIpc) is 2.53. The van der Waals surface area contributed by atoms with Gasteiger partial charge in [0.1, 0.15) is 0 Å². The van der Waals surface area contributed by atoms with Crippen molar-refractivity contribution in [3.63, 3.8) is 0 Å². The van der Waals surface area contributed by atoms with Gasteiger partial charge in [-0.3, -0.25) is 4.90 Å². The summed E-state index contributed by atoms with van der Waals surface area (Å²) < 4.78 is 5.23. The molecule has 2 heterocycles. The second-order valence-corrected chi connectivity index (χ2v) is 4.05. The van der Waals surface area contributed by atoms with Crippen molar-refractivity contribution in [3.05, 3.63) is 0 Å². The summed E-state index contributed by atoms with van der Waals surface area (Å²) in [7, 11) is 0. The van der Waals surface area contributed by atoms with Crippen LogP contribution in [0.15, 0.2) is 0 Å². The minimum absolute atomic E-state index is 0.215. The van der Waals surface area contributed by atoms with E-state index in [9.17, 15) is 5.11 Å². The molecule has 2 atom stereocenters. The Balaban J connectivity index is 1.86. The average molecular weight is 186 g/mol. The molecular weight excluding hydrogens is 168 g/mol. The molecule has 4 nitrogen and oxygen atoms in total. The summed E-state index contributed by atoms with van der Waals surface area (Å²) in [5.74, 6) is 0. The van der Waals surface area contributed by atoms with E-state index in [0.29, 0.717) is 19.3 Å². The zero-order valence-electron chi connectivity index (χ0n) is 7.85. The second-order valence-electron chi connectivity index (χ2n) is 4.05. The zero-order valence-corrected chi connectivity index (χ0v) is 7.85. The molecule has 2 aliphatic heterocycles. The van der Waals surface area contributed by atoms with Gasteiger partial charge in [-0.25, -0.2) is 0 Å². The Kier molecular flexibility index (Phi) is 2.83. The number of piperidine rings is 1. The van der Waals surface area contributed by atoms with Crippen LogP contribution in [0.2, 0.25) is 0 Å². The molecule has 0 amide bonds. The number of nitrogens with two attached hydrogens (primary N) is 1. The van der Waals surface area contributed by atoms with E-state index in [1.807, 2.05) is 0 Å². The molecule has 4 heteroatoms. The van der Waals surface area contributed by atoms with Crippen molar-refractivity contribution in [2.75, 3.05) is 26.3 Å². The summed E-state index contributed by atoms with van der Waals surface area (Å²) in [5.41, 5.74) is 5.81. The highest BCUT2D eigenvalue weighted by Crippen LogP contribution is 2.18. The number of aliphatic hydroxyl groups excluding tert-OH is 1. The first-order valence-corrected chi connectivity index (χ1v) is 5.03. The SMILES string of the molecule is NC1CCN(C2COCC2O)CC1. The summed E-state index contributed by atoms with van der Waals surface area (Å²) in [6, 6.07) is 0.572. The zero-order chi connectivity index (χ0) is 9.26. The smallest absolute Gasteiger partial charge is 0.0950 e. The van der Waals surface area contributed by atoms with Crippen LogP contribution in [0.5, 0.6) is 0 Å². The fourth-order valence-electron chi connectivity index (χ4n) is 2.13. The minimum atomic E-state index is -0.297. The lowest BCUT2D eigenvalue weighted by Gasteiger charge is -2.35. The summed E-state index contributed by atoms with van der Waals surface area (Å²) in [6.07, 6.45) is 1.79. The molecule has 2 rings (SSSR count). The summed E-state index contributed by atoms with van der Waals surface area (Å²) in [5, 5.41) is 9.61. The molecule has 0 bridgehead atoms. The monoisotopic (exact) mass is 186 g/mol. The first-order chi connectivity index (χ1) is 6.27. The molecule has 0 spiro atoms. The van der Waals surface area contributed by atoms with Crippen LogP contribution in [0.25, 0.3) is 0 Å². The molecule has 3 N–H and O–H groups in total. The third-order valence-corrected chi connectivity index (χ3v) is 3.06. The molecule has 0 radical (unpaired) electrons. The van der Waals surface area contributed by atoms with Crippen LogP contribution in [0.4, 0.5) is 0 Å². The van der Waals surface area contributed by atoms with E-state index in [1.54, 1.807) is 0 Å². The molecule has 0 aromatic rings. The third-order valence-electron chi connectivity index (χ3n) is 3.06. The number of likely N-dealkylation sites (tertiary alicyclic amines) is 1. The van der Waals surface area contributed by atoms with E-state index in [0.717, 1.165) is 25.9 Å². The molecular formula is C9H18N2O2. The first-order valence-electron chi connectivity index (χ1n) is 5.03.